The van der Waals surface area contributed by atoms with Crippen molar-refractivity contribution in [3.05, 3.63) is 47.6 Å². The van der Waals surface area contributed by atoms with Gasteiger partial charge in [0.25, 0.3) is 0 Å². The molecule has 12 heteroatoms. The van der Waals surface area contributed by atoms with Gasteiger partial charge < -0.3 is 39.4 Å². The first-order chi connectivity index (χ1) is 15.3. The molecule has 0 heterocycles. The summed E-state index contributed by atoms with van der Waals surface area (Å²) >= 11 is 0. The maximum absolute atomic E-state index is 13.0. The number of carbonyl (C=O) groups is 4. The van der Waals surface area contributed by atoms with Gasteiger partial charge in [-0.1, -0.05) is 19.7 Å². The quantitative estimate of drug-likeness (QED) is 0.151. The lowest BCUT2D eigenvalue weighted by Crippen LogP contribution is -2.49. The van der Waals surface area contributed by atoms with Crippen LogP contribution in [0, 0.1) is 5.92 Å². The first-order valence-corrected chi connectivity index (χ1v) is 9.34. The molecule has 0 amide bonds. The van der Waals surface area contributed by atoms with E-state index in [-0.39, 0.29) is 16.7 Å². The molecule has 0 spiro atoms. The van der Waals surface area contributed by atoms with Crippen molar-refractivity contribution in [3.63, 3.8) is 0 Å². The minimum atomic E-state index is -3.46. The van der Waals surface area contributed by atoms with Crippen LogP contribution in [-0.4, -0.2) is 76.9 Å². The summed E-state index contributed by atoms with van der Waals surface area (Å²) in [6, 6.07) is 0. The van der Waals surface area contributed by atoms with Crippen molar-refractivity contribution < 1.29 is 58.6 Å². The van der Waals surface area contributed by atoms with E-state index >= 15 is 0 Å². The molecule has 184 valence electrons. The molecule has 0 fully saturated rings. The van der Waals surface area contributed by atoms with Gasteiger partial charge in [0.15, 0.2) is 0 Å². The van der Waals surface area contributed by atoms with Crippen LogP contribution in [0.1, 0.15) is 20.8 Å². The number of hydrogen-bond donors (Lipinski definition) is 4. The predicted octanol–water partition coefficient (Wildman–Crippen LogP) is -0.619. The van der Waals surface area contributed by atoms with Crippen molar-refractivity contribution in [2.24, 2.45) is 5.92 Å². The van der Waals surface area contributed by atoms with Gasteiger partial charge in [-0.3, -0.25) is 0 Å². The zero-order chi connectivity index (χ0) is 25.9. The molecule has 0 saturated heterocycles. The topological polar surface area (TPSA) is 186 Å². The summed E-state index contributed by atoms with van der Waals surface area (Å²) in [7, 11) is 0. The van der Waals surface area contributed by atoms with Crippen molar-refractivity contribution in [1.29, 1.82) is 0 Å². The number of hydrogen-bond acceptors (Lipinski definition) is 12. The molecule has 33 heavy (non-hydrogen) atoms. The summed E-state index contributed by atoms with van der Waals surface area (Å²) in [5.41, 5.74) is -1.89. The van der Waals surface area contributed by atoms with E-state index in [9.17, 15) is 39.6 Å². The minimum absolute atomic E-state index is 0.279. The Kier molecular flexibility index (Phi) is 11.9. The van der Waals surface area contributed by atoms with Crippen molar-refractivity contribution in [2.45, 2.75) is 26.9 Å². The second kappa shape index (κ2) is 13.3. The number of carbonyl (C=O) groups excluding carboxylic acids is 4. The molecule has 0 aromatic carbocycles. The van der Waals surface area contributed by atoms with Crippen molar-refractivity contribution in [2.75, 3.05) is 26.4 Å². The summed E-state index contributed by atoms with van der Waals surface area (Å²) in [5.74, 6) is -6.93. The summed E-state index contributed by atoms with van der Waals surface area (Å²) in [5, 5.41) is 37.9. The van der Waals surface area contributed by atoms with Crippen LogP contribution in [-0.2, 0) is 38.1 Å². The maximum Gasteiger partial charge on any atom is 0.620 e. The Morgan fingerprint density at radius 3 is 1.21 bits per heavy atom. The average Bonchev–Trinajstić information content (AvgIpc) is 2.73. The number of ether oxygens (including phenoxy) is 4. The molecule has 4 N–H and O–H groups in total. The number of aliphatic hydroxyl groups is 4. The lowest BCUT2D eigenvalue weighted by atomic mass is 9.95. The van der Waals surface area contributed by atoms with Gasteiger partial charge in [0.05, 0.1) is 26.4 Å². The first-order valence-electron chi connectivity index (χ1n) is 9.34. The van der Waals surface area contributed by atoms with Gasteiger partial charge in [-0.15, -0.1) is 0 Å². The third-order valence-electron chi connectivity index (χ3n) is 3.75. The van der Waals surface area contributed by atoms with Gasteiger partial charge in [-0.25, -0.2) is 19.2 Å². The third kappa shape index (κ3) is 8.61. The highest BCUT2D eigenvalue weighted by molar-refractivity contribution is 5.93. The second-order valence-electron chi connectivity index (χ2n) is 6.79. The van der Waals surface area contributed by atoms with E-state index in [2.05, 4.69) is 19.7 Å². The normalized spacial score (nSPS) is 10.7. The van der Waals surface area contributed by atoms with Crippen LogP contribution in [0.3, 0.4) is 0 Å². The van der Waals surface area contributed by atoms with Crippen molar-refractivity contribution in [3.8, 4) is 0 Å². The predicted molar refractivity (Wildman–Crippen MR) is 110 cm³/mol. The molecule has 0 aromatic heterocycles. The van der Waals surface area contributed by atoms with Gasteiger partial charge in [0.2, 0.25) is 0 Å². The Morgan fingerprint density at radius 1 is 0.667 bits per heavy atom. The minimum Gasteiger partial charge on any atom is -0.396 e. The van der Waals surface area contributed by atoms with Gasteiger partial charge >= 0.3 is 30.0 Å². The van der Waals surface area contributed by atoms with Crippen LogP contribution in [0.4, 0.5) is 0 Å². The van der Waals surface area contributed by atoms with Gasteiger partial charge in [-0.05, 0) is 26.3 Å². The monoisotopic (exact) mass is 472 g/mol. The molecular weight excluding hydrogens is 444 g/mol. The standard InChI is InChI=1S/C21H28O12/c1-11(2)17(26)30-21(31-18(27)12(3)4,32-19(28)13(5)6)33-20(29)16(14(7-22)8-23)15(9-24)10-25/h14,22-25H,1,3,5,7-10H2,2,4,6H3. The van der Waals surface area contributed by atoms with Crippen LogP contribution in [0.15, 0.2) is 47.6 Å². The van der Waals surface area contributed by atoms with E-state index < -0.39 is 73.5 Å². The Morgan fingerprint density at radius 2 is 0.970 bits per heavy atom. The Bertz CT molecular complexity index is 772. The fourth-order valence-corrected chi connectivity index (χ4v) is 1.96. The number of esters is 4. The Balaban J connectivity index is 6.77. The largest absolute Gasteiger partial charge is 0.620 e. The lowest BCUT2D eigenvalue weighted by molar-refractivity contribution is -0.428. The molecule has 0 aliphatic rings. The molecule has 12 nitrogen and oxygen atoms in total. The summed E-state index contributed by atoms with van der Waals surface area (Å²) in [6.45, 7) is 10.00. The maximum atomic E-state index is 13.0. The Hall–Kier alpha value is -3.32. The molecule has 0 aliphatic carbocycles. The molecular formula is C21H28O12. The summed E-state index contributed by atoms with van der Waals surface area (Å²) < 4.78 is 19.4. The molecule has 0 rings (SSSR count). The summed E-state index contributed by atoms with van der Waals surface area (Å²) in [6.07, 6.45) is -3.46. The average molecular weight is 472 g/mol. The molecule has 0 saturated carbocycles. The molecule has 0 aromatic rings. The van der Waals surface area contributed by atoms with E-state index in [1.165, 1.54) is 20.8 Å². The van der Waals surface area contributed by atoms with Crippen LogP contribution >= 0.6 is 0 Å². The van der Waals surface area contributed by atoms with E-state index in [1.54, 1.807) is 0 Å². The van der Waals surface area contributed by atoms with E-state index in [0.717, 1.165) is 0 Å². The molecule has 0 bridgehead atoms. The molecule has 0 unspecified atom stereocenters. The Labute approximate surface area is 190 Å². The number of aliphatic hydroxyl groups excluding tert-OH is 4. The second-order valence-corrected chi connectivity index (χ2v) is 6.79. The molecule has 0 radical (unpaired) electrons. The van der Waals surface area contributed by atoms with Crippen molar-refractivity contribution >= 4 is 23.9 Å². The third-order valence-corrected chi connectivity index (χ3v) is 3.75. The van der Waals surface area contributed by atoms with Gasteiger partial charge in [0.1, 0.15) is 0 Å². The van der Waals surface area contributed by atoms with E-state index in [0.29, 0.717) is 0 Å². The van der Waals surface area contributed by atoms with E-state index in [4.69, 9.17) is 18.9 Å². The van der Waals surface area contributed by atoms with Crippen LogP contribution in [0.2, 0.25) is 0 Å². The zero-order valence-electron chi connectivity index (χ0n) is 18.6. The van der Waals surface area contributed by atoms with Crippen LogP contribution in [0.5, 0.6) is 0 Å². The molecule has 0 aliphatic heterocycles. The van der Waals surface area contributed by atoms with Gasteiger partial charge in [-0.2, -0.15) is 0 Å². The highest BCUT2D eigenvalue weighted by Crippen LogP contribution is 2.27. The highest BCUT2D eigenvalue weighted by Gasteiger charge is 2.51. The van der Waals surface area contributed by atoms with Crippen LogP contribution in [0.25, 0.3) is 0 Å². The SMILES string of the molecule is C=C(C)C(=O)OC(OC(=O)C(=C)C)(OC(=O)C(=C)C)OC(=O)C(=C(CO)CO)C(CO)CO. The zero-order valence-corrected chi connectivity index (χ0v) is 18.6. The molecule has 0 atom stereocenters. The lowest BCUT2D eigenvalue weighted by Gasteiger charge is -2.30. The smallest absolute Gasteiger partial charge is 0.396 e. The van der Waals surface area contributed by atoms with Gasteiger partial charge in [0, 0.05) is 28.2 Å². The number of rotatable bonds is 13. The van der Waals surface area contributed by atoms with Crippen molar-refractivity contribution in [1.82, 2.24) is 0 Å². The fraction of sp³-hybridized carbons (Fsp3) is 0.429. The fourth-order valence-electron chi connectivity index (χ4n) is 1.96. The highest BCUT2D eigenvalue weighted by atomic mass is 17.0. The van der Waals surface area contributed by atoms with Crippen LogP contribution < -0.4 is 0 Å². The summed E-state index contributed by atoms with van der Waals surface area (Å²) in [4.78, 5) is 49.5. The first kappa shape index (κ1) is 29.7. The van der Waals surface area contributed by atoms with E-state index in [1.807, 2.05) is 0 Å².